The van der Waals surface area contributed by atoms with Crippen LogP contribution in [0.25, 0.3) is 22.2 Å². The van der Waals surface area contributed by atoms with Crippen LogP contribution in [-0.4, -0.2) is 64.5 Å². The minimum atomic E-state index is -0.282. The number of aryl methyl sites for hydroxylation is 1. The number of hydrogen-bond donors (Lipinski definition) is 1. The van der Waals surface area contributed by atoms with Gasteiger partial charge in [0.05, 0.1) is 0 Å². The van der Waals surface area contributed by atoms with E-state index in [1.807, 2.05) is 31.6 Å². The van der Waals surface area contributed by atoms with Gasteiger partial charge in [-0.15, -0.1) is 0 Å². The molecule has 1 aliphatic heterocycles. The number of halogens is 1. The molecule has 5 rings (SSSR count). The molecule has 1 amide bonds. The number of piperidine rings is 1. The van der Waals surface area contributed by atoms with Crippen LogP contribution in [0.5, 0.6) is 0 Å². The summed E-state index contributed by atoms with van der Waals surface area (Å²) in [7, 11) is 7.28. The standard InChI is InChI=1S/C29H33FN6O/c1-31-27-8-6-21(17-33-27)23-9-12-32-28-25(23)16-22(35(28)4)18-36-13-10-19(11-14-36)24-7-5-20(15-26(24)30)29(37)34(2)3/h5-9,12,15-17,19H,10-11,13-14,18H2,1-4H3,(H,31,33). The number of nitrogens with zero attached hydrogens (tertiary/aromatic N) is 5. The van der Waals surface area contributed by atoms with Crippen molar-refractivity contribution >= 4 is 22.8 Å². The van der Waals surface area contributed by atoms with Crippen LogP contribution in [-0.2, 0) is 13.6 Å². The highest BCUT2D eigenvalue weighted by atomic mass is 19.1. The van der Waals surface area contributed by atoms with Gasteiger partial charge in [-0.3, -0.25) is 9.69 Å². The lowest BCUT2D eigenvalue weighted by molar-refractivity contribution is 0.0827. The van der Waals surface area contributed by atoms with Crippen molar-refractivity contribution in [2.24, 2.45) is 7.05 Å². The summed E-state index contributed by atoms with van der Waals surface area (Å²) in [6, 6.07) is 13.2. The van der Waals surface area contributed by atoms with E-state index in [1.165, 1.54) is 16.7 Å². The third-order valence-electron chi connectivity index (χ3n) is 7.43. The van der Waals surface area contributed by atoms with E-state index in [2.05, 4.69) is 43.9 Å². The first-order valence-corrected chi connectivity index (χ1v) is 12.7. The minimum Gasteiger partial charge on any atom is -0.373 e. The second kappa shape index (κ2) is 10.3. The molecule has 1 saturated heterocycles. The predicted octanol–water partition coefficient (Wildman–Crippen LogP) is 4.90. The molecule has 0 aliphatic carbocycles. The molecule has 0 atom stereocenters. The minimum absolute atomic E-state index is 0.161. The molecule has 0 spiro atoms. The van der Waals surface area contributed by atoms with Gasteiger partial charge in [0.15, 0.2) is 0 Å². The maximum atomic E-state index is 14.9. The van der Waals surface area contributed by atoms with Gasteiger partial charge >= 0.3 is 0 Å². The van der Waals surface area contributed by atoms with Gasteiger partial charge in [-0.2, -0.15) is 0 Å². The first-order valence-electron chi connectivity index (χ1n) is 12.7. The Morgan fingerprint density at radius 2 is 1.89 bits per heavy atom. The highest BCUT2D eigenvalue weighted by molar-refractivity contribution is 5.94. The zero-order valence-electron chi connectivity index (χ0n) is 21.8. The number of rotatable bonds is 6. The lowest BCUT2D eigenvalue weighted by atomic mass is 9.88. The van der Waals surface area contributed by atoms with Crippen molar-refractivity contribution in [3.63, 3.8) is 0 Å². The lowest BCUT2D eigenvalue weighted by Crippen LogP contribution is -2.33. The van der Waals surface area contributed by atoms with Gasteiger partial charge in [-0.25, -0.2) is 14.4 Å². The van der Waals surface area contributed by atoms with Crippen molar-refractivity contribution in [3.8, 4) is 11.1 Å². The molecule has 1 aromatic carbocycles. The van der Waals surface area contributed by atoms with E-state index < -0.39 is 0 Å². The van der Waals surface area contributed by atoms with E-state index in [0.717, 1.165) is 60.5 Å². The fourth-order valence-electron chi connectivity index (χ4n) is 5.26. The van der Waals surface area contributed by atoms with Crippen LogP contribution < -0.4 is 5.32 Å². The molecule has 0 saturated carbocycles. The smallest absolute Gasteiger partial charge is 0.253 e. The highest BCUT2D eigenvalue weighted by Gasteiger charge is 2.25. The number of anilines is 1. The number of hydrogen-bond acceptors (Lipinski definition) is 5. The summed E-state index contributed by atoms with van der Waals surface area (Å²) in [5.74, 6) is 0.535. The van der Waals surface area contributed by atoms with E-state index in [-0.39, 0.29) is 17.6 Å². The molecule has 37 heavy (non-hydrogen) atoms. The lowest BCUT2D eigenvalue weighted by Gasteiger charge is -2.32. The molecule has 7 nitrogen and oxygen atoms in total. The molecule has 192 valence electrons. The van der Waals surface area contributed by atoms with E-state index in [1.54, 1.807) is 26.2 Å². The van der Waals surface area contributed by atoms with Crippen LogP contribution in [0.2, 0.25) is 0 Å². The number of aromatic nitrogens is 3. The quantitative estimate of drug-likeness (QED) is 0.408. The van der Waals surface area contributed by atoms with Gasteiger partial charge in [-0.05, 0) is 79.4 Å². The fourth-order valence-corrected chi connectivity index (χ4v) is 5.26. The first kappa shape index (κ1) is 24.9. The van der Waals surface area contributed by atoms with Gasteiger partial charge < -0.3 is 14.8 Å². The van der Waals surface area contributed by atoms with Gasteiger partial charge in [0.25, 0.3) is 5.91 Å². The average Bonchev–Trinajstić information content (AvgIpc) is 3.23. The summed E-state index contributed by atoms with van der Waals surface area (Å²) in [5, 5.41) is 4.17. The van der Waals surface area contributed by atoms with Crippen LogP contribution in [0.1, 0.15) is 40.4 Å². The monoisotopic (exact) mass is 500 g/mol. The highest BCUT2D eigenvalue weighted by Crippen LogP contribution is 2.33. The summed E-state index contributed by atoms with van der Waals surface area (Å²) >= 11 is 0. The van der Waals surface area contributed by atoms with Crippen LogP contribution in [0.4, 0.5) is 10.2 Å². The van der Waals surface area contributed by atoms with Crippen LogP contribution >= 0.6 is 0 Å². The predicted molar refractivity (Wildman–Crippen MR) is 145 cm³/mol. The van der Waals surface area contributed by atoms with Crippen LogP contribution in [0, 0.1) is 5.82 Å². The zero-order chi connectivity index (χ0) is 26.1. The summed E-state index contributed by atoms with van der Waals surface area (Å²) in [6.07, 6.45) is 5.51. The molecule has 0 radical (unpaired) electrons. The largest absolute Gasteiger partial charge is 0.373 e. The first-order chi connectivity index (χ1) is 17.9. The van der Waals surface area contributed by atoms with Crippen molar-refractivity contribution in [1.29, 1.82) is 0 Å². The van der Waals surface area contributed by atoms with Crippen LogP contribution in [0.3, 0.4) is 0 Å². The van der Waals surface area contributed by atoms with Crippen molar-refractivity contribution in [1.82, 2.24) is 24.3 Å². The van der Waals surface area contributed by atoms with Gasteiger partial charge in [0.1, 0.15) is 17.3 Å². The molecule has 3 aromatic heterocycles. The maximum Gasteiger partial charge on any atom is 0.253 e. The molecule has 0 bridgehead atoms. The van der Waals surface area contributed by atoms with Crippen molar-refractivity contribution < 1.29 is 9.18 Å². The Bertz CT molecular complexity index is 1420. The normalized spacial score (nSPS) is 14.7. The topological polar surface area (TPSA) is 66.3 Å². The van der Waals surface area contributed by atoms with Gasteiger partial charge in [-0.1, -0.05) is 6.07 Å². The Morgan fingerprint density at radius 3 is 2.54 bits per heavy atom. The number of amides is 1. The third-order valence-corrected chi connectivity index (χ3v) is 7.43. The summed E-state index contributed by atoms with van der Waals surface area (Å²) in [5.41, 5.74) is 5.44. The van der Waals surface area contributed by atoms with Crippen molar-refractivity contribution in [2.45, 2.75) is 25.3 Å². The second-order valence-corrected chi connectivity index (χ2v) is 9.96. The molecule has 4 aromatic rings. The molecule has 4 heterocycles. The number of likely N-dealkylation sites (tertiary alicyclic amines) is 1. The molecular formula is C29H33FN6O. The summed E-state index contributed by atoms with van der Waals surface area (Å²) < 4.78 is 17.1. The average molecular weight is 501 g/mol. The number of benzene rings is 1. The zero-order valence-corrected chi connectivity index (χ0v) is 21.8. The number of carbonyl (C=O) groups excluding carboxylic acids is 1. The number of carbonyl (C=O) groups is 1. The number of pyridine rings is 2. The number of fused-ring (bicyclic) bond motifs is 1. The van der Waals surface area contributed by atoms with E-state index in [4.69, 9.17) is 0 Å². The molecular weight excluding hydrogens is 467 g/mol. The Morgan fingerprint density at radius 1 is 1.11 bits per heavy atom. The Labute approximate surface area is 216 Å². The van der Waals surface area contributed by atoms with Crippen LogP contribution in [0.15, 0.2) is 54.9 Å². The van der Waals surface area contributed by atoms with Crippen molar-refractivity contribution in [3.05, 3.63) is 77.5 Å². The Hall–Kier alpha value is -3.78. The fraction of sp³-hybridized carbons (Fsp3) is 0.345. The van der Waals surface area contributed by atoms with Gasteiger partial charge in [0.2, 0.25) is 0 Å². The summed E-state index contributed by atoms with van der Waals surface area (Å²) in [6.45, 7) is 2.59. The molecule has 1 fully saturated rings. The molecule has 8 heteroatoms. The Balaban J connectivity index is 1.29. The van der Waals surface area contributed by atoms with E-state index >= 15 is 0 Å². The van der Waals surface area contributed by atoms with E-state index in [0.29, 0.717) is 11.1 Å². The summed E-state index contributed by atoms with van der Waals surface area (Å²) in [4.78, 5) is 25.2. The third kappa shape index (κ3) is 4.93. The molecule has 1 N–H and O–H groups in total. The SMILES string of the molecule is CNc1ccc(-c2ccnc3c2cc(CN2CCC(c4ccc(C(=O)N(C)C)cc4F)CC2)n3C)cn1. The maximum absolute atomic E-state index is 14.9. The van der Waals surface area contributed by atoms with Gasteiger partial charge in [0, 0.05) is 69.3 Å². The van der Waals surface area contributed by atoms with E-state index in [9.17, 15) is 9.18 Å². The molecule has 1 aliphatic rings. The molecule has 0 unspecified atom stereocenters. The Kier molecular flexibility index (Phi) is 6.93. The number of nitrogens with one attached hydrogen (secondary N) is 1. The van der Waals surface area contributed by atoms with Crippen molar-refractivity contribution in [2.75, 3.05) is 39.5 Å². The second-order valence-electron chi connectivity index (χ2n) is 9.96.